The van der Waals surface area contributed by atoms with Crippen molar-refractivity contribution >= 4 is 11.9 Å². The van der Waals surface area contributed by atoms with Gasteiger partial charge in [-0.15, -0.1) is 0 Å². The largest absolute Gasteiger partial charge is 0.462 e. The maximum atomic E-state index is 12.2. The number of rotatable bonds is 3. The van der Waals surface area contributed by atoms with Crippen LogP contribution in [0.2, 0.25) is 0 Å². The molecule has 0 aromatic heterocycles. The van der Waals surface area contributed by atoms with Crippen molar-refractivity contribution in [1.82, 2.24) is 0 Å². The van der Waals surface area contributed by atoms with Crippen molar-refractivity contribution in [1.29, 1.82) is 0 Å². The quantitative estimate of drug-likeness (QED) is 0.346. The Morgan fingerprint density at radius 1 is 1.06 bits per heavy atom. The van der Waals surface area contributed by atoms with Gasteiger partial charge in [0.25, 0.3) is 0 Å². The Labute approximate surface area is 200 Å². The van der Waals surface area contributed by atoms with E-state index in [9.17, 15) is 9.59 Å². The van der Waals surface area contributed by atoms with Crippen LogP contribution in [0.4, 0.5) is 0 Å². The second-order valence-corrected chi connectivity index (χ2v) is 11.5. The van der Waals surface area contributed by atoms with Crippen LogP contribution in [0.1, 0.15) is 87.0 Å². The topological polar surface area (TPSA) is 52.6 Å². The van der Waals surface area contributed by atoms with Gasteiger partial charge in [-0.25, -0.2) is 0 Å². The van der Waals surface area contributed by atoms with Crippen molar-refractivity contribution in [2.75, 3.05) is 0 Å². The Bertz CT molecular complexity index is 835. The summed E-state index contributed by atoms with van der Waals surface area (Å²) >= 11 is 0. The van der Waals surface area contributed by atoms with Gasteiger partial charge in [0.1, 0.15) is 12.2 Å². The average molecular weight is 457 g/mol. The highest BCUT2D eigenvalue weighted by atomic mass is 16.6. The van der Waals surface area contributed by atoms with E-state index >= 15 is 0 Å². The summed E-state index contributed by atoms with van der Waals surface area (Å²) in [6, 6.07) is 0. The monoisotopic (exact) mass is 456 g/mol. The highest BCUT2D eigenvalue weighted by Crippen LogP contribution is 2.56. The summed E-state index contributed by atoms with van der Waals surface area (Å²) in [6.07, 6.45) is 10.1. The lowest BCUT2D eigenvalue weighted by Crippen LogP contribution is -2.40. The molecule has 0 heterocycles. The lowest BCUT2D eigenvalue weighted by atomic mass is 9.68. The highest BCUT2D eigenvalue weighted by Gasteiger charge is 2.56. The smallest absolute Gasteiger partial charge is 0.303 e. The summed E-state index contributed by atoms with van der Waals surface area (Å²) in [6.45, 7) is 18.5. The molecule has 0 N–H and O–H groups in total. The van der Waals surface area contributed by atoms with E-state index in [2.05, 4.69) is 53.3 Å². The SMILES string of the molecule is C=C1CCC2C(C)=CCC3C(C(C)C)C(OC(C)=O)CC3(C)C(OC(C)=O)C=C(C)CCC12. The lowest BCUT2D eigenvalue weighted by molar-refractivity contribution is -0.153. The lowest BCUT2D eigenvalue weighted by Gasteiger charge is -2.40. The van der Waals surface area contributed by atoms with E-state index in [1.165, 1.54) is 37.0 Å². The van der Waals surface area contributed by atoms with Gasteiger partial charge < -0.3 is 9.47 Å². The molecule has 7 unspecified atom stereocenters. The first-order valence-corrected chi connectivity index (χ1v) is 12.8. The molecule has 184 valence electrons. The van der Waals surface area contributed by atoms with Gasteiger partial charge in [0.15, 0.2) is 0 Å². The second kappa shape index (κ2) is 10.2. The number of hydrogen-bond acceptors (Lipinski definition) is 4. The van der Waals surface area contributed by atoms with E-state index in [4.69, 9.17) is 9.47 Å². The van der Waals surface area contributed by atoms with Gasteiger partial charge in [0, 0.05) is 25.2 Å². The fraction of sp³-hybridized carbons (Fsp3) is 0.724. The molecule has 0 radical (unpaired) electrons. The van der Waals surface area contributed by atoms with Gasteiger partial charge in [0.05, 0.1) is 0 Å². The van der Waals surface area contributed by atoms with Crippen LogP contribution in [0.3, 0.4) is 0 Å². The molecular formula is C29H44O4. The number of esters is 2. The number of carbonyl (C=O) groups excluding carboxylic acids is 2. The maximum absolute atomic E-state index is 12.2. The number of ether oxygens (including phenoxy) is 2. The normalized spacial score (nSPS) is 37.3. The summed E-state index contributed by atoms with van der Waals surface area (Å²) in [5, 5.41) is 0. The maximum Gasteiger partial charge on any atom is 0.303 e. The zero-order chi connectivity index (χ0) is 24.5. The van der Waals surface area contributed by atoms with Crippen LogP contribution >= 0.6 is 0 Å². The van der Waals surface area contributed by atoms with Gasteiger partial charge in [-0.3, -0.25) is 9.59 Å². The Balaban J connectivity index is 2.10. The Morgan fingerprint density at radius 3 is 2.30 bits per heavy atom. The molecule has 4 nitrogen and oxygen atoms in total. The van der Waals surface area contributed by atoms with E-state index in [1.54, 1.807) is 0 Å². The fourth-order valence-electron chi connectivity index (χ4n) is 7.09. The van der Waals surface area contributed by atoms with Gasteiger partial charge in [-0.05, 0) is 82.1 Å². The van der Waals surface area contributed by atoms with E-state index in [1.807, 2.05) is 0 Å². The number of allylic oxidation sites excluding steroid dienone is 4. The molecule has 4 heteroatoms. The molecule has 0 bridgehead atoms. The molecule has 33 heavy (non-hydrogen) atoms. The van der Waals surface area contributed by atoms with Crippen molar-refractivity contribution in [2.24, 2.45) is 35.0 Å². The van der Waals surface area contributed by atoms with E-state index < -0.39 is 0 Å². The predicted octanol–water partition coefficient (Wildman–Crippen LogP) is 6.81. The summed E-state index contributed by atoms with van der Waals surface area (Å²) in [7, 11) is 0. The predicted molar refractivity (Wildman–Crippen MR) is 132 cm³/mol. The highest BCUT2D eigenvalue weighted by molar-refractivity contribution is 5.67. The molecule has 0 amide bonds. The van der Waals surface area contributed by atoms with Gasteiger partial charge in [-0.2, -0.15) is 0 Å². The molecule has 2 fully saturated rings. The van der Waals surface area contributed by atoms with Crippen LogP contribution in [0.15, 0.2) is 35.5 Å². The number of hydrogen-bond donors (Lipinski definition) is 0. The summed E-state index contributed by atoms with van der Waals surface area (Å²) < 4.78 is 11.9. The fourth-order valence-corrected chi connectivity index (χ4v) is 7.09. The van der Waals surface area contributed by atoms with Crippen molar-refractivity contribution < 1.29 is 19.1 Å². The van der Waals surface area contributed by atoms with Crippen molar-refractivity contribution in [2.45, 2.75) is 99.2 Å². The van der Waals surface area contributed by atoms with Gasteiger partial charge >= 0.3 is 11.9 Å². The van der Waals surface area contributed by atoms with Crippen LogP contribution in [0, 0.1) is 35.0 Å². The molecular weight excluding hydrogens is 412 g/mol. The third kappa shape index (κ3) is 5.46. The number of carbonyl (C=O) groups is 2. The minimum absolute atomic E-state index is 0.165. The zero-order valence-corrected chi connectivity index (χ0v) is 21.8. The first-order valence-electron chi connectivity index (χ1n) is 12.8. The Morgan fingerprint density at radius 2 is 1.70 bits per heavy atom. The standard InChI is InChI=1S/C29H44O4/c1-17(2)28-25-14-11-20(5)24-13-10-19(4)23(24)12-9-18(3)15-27(33-22(7)31)29(25,8)16-26(28)32-21(6)30/h11,15,17,23-28H,4,9-10,12-14,16H2,1-3,5-8H3. The van der Waals surface area contributed by atoms with Crippen LogP contribution in [-0.2, 0) is 19.1 Å². The van der Waals surface area contributed by atoms with Crippen molar-refractivity contribution in [3.63, 3.8) is 0 Å². The molecule has 3 aliphatic carbocycles. The summed E-state index contributed by atoms with van der Waals surface area (Å²) in [4.78, 5) is 24.2. The van der Waals surface area contributed by atoms with Crippen LogP contribution in [0.5, 0.6) is 0 Å². The first-order chi connectivity index (χ1) is 15.4. The van der Waals surface area contributed by atoms with Crippen LogP contribution in [-0.4, -0.2) is 24.1 Å². The molecule has 0 aromatic rings. The van der Waals surface area contributed by atoms with Crippen molar-refractivity contribution in [3.05, 3.63) is 35.5 Å². The Hall–Kier alpha value is -1.84. The summed E-state index contributed by atoms with van der Waals surface area (Å²) in [5.41, 5.74) is 3.80. The second-order valence-electron chi connectivity index (χ2n) is 11.5. The van der Waals surface area contributed by atoms with E-state index in [0.717, 1.165) is 25.7 Å². The van der Waals surface area contributed by atoms with Gasteiger partial charge in [0.2, 0.25) is 0 Å². The molecule has 0 aliphatic heterocycles. The minimum Gasteiger partial charge on any atom is -0.462 e. The molecule has 0 spiro atoms. The average Bonchev–Trinajstić information content (AvgIpc) is 3.20. The third-order valence-corrected chi connectivity index (χ3v) is 8.76. The molecule has 0 aromatic carbocycles. The first kappa shape index (κ1) is 25.8. The molecule has 2 saturated carbocycles. The van der Waals surface area contributed by atoms with E-state index in [-0.39, 0.29) is 41.4 Å². The molecule has 7 atom stereocenters. The molecule has 3 aliphatic rings. The zero-order valence-electron chi connectivity index (χ0n) is 21.8. The minimum atomic E-state index is -0.336. The van der Waals surface area contributed by atoms with E-state index in [0.29, 0.717) is 24.2 Å². The van der Waals surface area contributed by atoms with Gasteiger partial charge in [-0.1, -0.05) is 50.1 Å². The number of fused-ring (bicyclic) bond motifs is 2. The van der Waals surface area contributed by atoms with Crippen LogP contribution in [0.25, 0.3) is 0 Å². The Kier molecular flexibility index (Phi) is 7.96. The molecule has 0 saturated heterocycles. The van der Waals surface area contributed by atoms with Crippen LogP contribution < -0.4 is 0 Å². The third-order valence-electron chi connectivity index (χ3n) is 8.76. The summed E-state index contributed by atoms with van der Waals surface area (Å²) in [5.74, 6) is 1.42. The molecule has 3 rings (SSSR count). The van der Waals surface area contributed by atoms with Crippen molar-refractivity contribution in [3.8, 4) is 0 Å².